The van der Waals surface area contributed by atoms with E-state index in [1.807, 2.05) is 13.8 Å². The fraction of sp³-hybridized carbons (Fsp3) is 0.375. The van der Waals surface area contributed by atoms with Crippen LogP contribution < -0.4 is 9.47 Å². The van der Waals surface area contributed by atoms with Crippen LogP contribution in [0.15, 0.2) is 23.8 Å². The van der Waals surface area contributed by atoms with Gasteiger partial charge in [-0.15, -0.1) is 0 Å². The first-order chi connectivity index (χ1) is 10.1. The van der Waals surface area contributed by atoms with E-state index in [0.717, 1.165) is 12.8 Å². The number of hydrogen-bond donors (Lipinski definition) is 1. The molecule has 1 aromatic rings. The van der Waals surface area contributed by atoms with Crippen LogP contribution in [0.3, 0.4) is 0 Å². The van der Waals surface area contributed by atoms with Crippen molar-refractivity contribution in [1.29, 1.82) is 5.26 Å². The first kappa shape index (κ1) is 16.6. The molecular weight excluding hydrogens is 270 g/mol. The Bertz CT molecular complexity index is 558. The van der Waals surface area contributed by atoms with Crippen molar-refractivity contribution in [2.24, 2.45) is 0 Å². The van der Waals surface area contributed by atoms with Gasteiger partial charge in [0.15, 0.2) is 0 Å². The Kier molecular flexibility index (Phi) is 6.82. The molecule has 0 radical (unpaired) electrons. The first-order valence-corrected chi connectivity index (χ1v) is 6.87. The molecule has 5 heteroatoms. The molecule has 0 aromatic heterocycles. The third-order valence-electron chi connectivity index (χ3n) is 2.57. The normalized spacial score (nSPS) is 10.8. The Hall–Kier alpha value is -2.48. The van der Waals surface area contributed by atoms with Crippen molar-refractivity contribution < 1.29 is 19.4 Å². The van der Waals surface area contributed by atoms with Crippen LogP contribution in [0.1, 0.15) is 32.3 Å². The minimum Gasteiger partial charge on any atom is -0.493 e. The number of carbonyl (C=O) groups is 1. The second-order valence-corrected chi connectivity index (χ2v) is 4.37. The van der Waals surface area contributed by atoms with E-state index in [9.17, 15) is 4.79 Å². The van der Waals surface area contributed by atoms with Crippen LogP contribution in [0.25, 0.3) is 6.08 Å². The molecule has 1 aromatic carbocycles. The summed E-state index contributed by atoms with van der Waals surface area (Å²) < 4.78 is 11.1. The number of hydrogen-bond acceptors (Lipinski definition) is 4. The van der Waals surface area contributed by atoms with Gasteiger partial charge in [0, 0.05) is 11.6 Å². The maximum Gasteiger partial charge on any atom is 0.346 e. The summed E-state index contributed by atoms with van der Waals surface area (Å²) in [4.78, 5) is 10.9. The lowest BCUT2D eigenvalue weighted by Crippen LogP contribution is -2.01. The molecule has 0 aliphatic carbocycles. The highest BCUT2D eigenvalue weighted by Gasteiger charge is 2.10. The van der Waals surface area contributed by atoms with Gasteiger partial charge in [0.05, 0.1) is 13.2 Å². The van der Waals surface area contributed by atoms with Crippen molar-refractivity contribution in [3.8, 4) is 17.6 Å². The number of nitriles is 1. The maximum absolute atomic E-state index is 10.9. The molecule has 0 fully saturated rings. The third-order valence-corrected chi connectivity index (χ3v) is 2.57. The van der Waals surface area contributed by atoms with Crippen LogP contribution in [0, 0.1) is 11.3 Å². The maximum atomic E-state index is 10.9. The van der Waals surface area contributed by atoms with Gasteiger partial charge in [-0.3, -0.25) is 0 Å². The summed E-state index contributed by atoms with van der Waals surface area (Å²) >= 11 is 0. The fourth-order valence-corrected chi connectivity index (χ4v) is 1.58. The second kappa shape index (κ2) is 8.64. The summed E-state index contributed by atoms with van der Waals surface area (Å²) in [6, 6.07) is 6.80. The monoisotopic (exact) mass is 289 g/mol. The molecular formula is C16H19NO4. The second-order valence-electron chi connectivity index (χ2n) is 4.37. The summed E-state index contributed by atoms with van der Waals surface area (Å²) in [5, 5.41) is 17.7. The van der Waals surface area contributed by atoms with Gasteiger partial charge >= 0.3 is 5.97 Å². The number of benzene rings is 1. The standard InChI is InChI=1S/C16H19NO4/c1-3-7-20-14-6-5-12(9-13(11-17)16(18)19)15(10-14)21-8-4-2/h5-6,9-10H,3-4,7-8H2,1-2H3,(H,18,19). The fourth-order valence-electron chi connectivity index (χ4n) is 1.58. The lowest BCUT2D eigenvalue weighted by Gasteiger charge is -2.11. The lowest BCUT2D eigenvalue weighted by atomic mass is 10.1. The van der Waals surface area contributed by atoms with Gasteiger partial charge in [-0.1, -0.05) is 13.8 Å². The molecule has 5 nitrogen and oxygen atoms in total. The molecule has 0 atom stereocenters. The highest BCUT2D eigenvalue weighted by Crippen LogP contribution is 2.27. The van der Waals surface area contributed by atoms with Crippen LogP contribution >= 0.6 is 0 Å². The van der Waals surface area contributed by atoms with E-state index >= 15 is 0 Å². The molecule has 0 aliphatic heterocycles. The Labute approximate surface area is 124 Å². The number of carboxylic acids is 1. The first-order valence-electron chi connectivity index (χ1n) is 6.87. The van der Waals surface area contributed by atoms with Crippen molar-refractivity contribution in [1.82, 2.24) is 0 Å². The highest BCUT2D eigenvalue weighted by molar-refractivity contribution is 5.96. The topological polar surface area (TPSA) is 79.5 Å². The average molecular weight is 289 g/mol. The Morgan fingerprint density at radius 3 is 2.52 bits per heavy atom. The van der Waals surface area contributed by atoms with Crippen LogP contribution in [-0.4, -0.2) is 24.3 Å². The molecule has 0 unspecified atom stereocenters. The number of aliphatic carboxylic acids is 1. The number of ether oxygens (including phenoxy) is 2. The number of carboxylic acid groups (broad SMARTS) is 1. The van der Waals surface area contributed by atoms with Gasteiger partial charge in [-0.25, -0.2) is 4.79 Å². The summed E-state index contributed by atoms with van der Waals surface area (Å²) in [7, 11) is 0. The van der Waals surface area contributed by atoms with E-state index in [-0.39, 0.29) is 5.57 Å². The smallest absolute Gasteiger partial charge is 0.346 e. The molecule has 112 valence electrons. The van der Waals surface area contributed by atoms with Gasteiger partial charge in [0.25, 0.3) is 0 Å². The van der Waals surface area contributed by atoms with Crippen LogP contribution in [0.2, 0.25) is 0 Å². The molecule has 0 aliphatic rings. The van der Waals surface area contributed by atoms with Crippen molar-refractivity contribution in [3.05, 3.63) is 29.3 Å². The largest absolute Gasteiger partial charge is 0.493 e. The van der Waals surface area contributed by atoms with Crippen molar-refractivity contribution in [3.63, 3.8) is 0 Å². The van der Waals surface area contributed by atoms with Crippen molar-refractivity contribution >= 4 is 12.0 Å². The number of rotatable bonds is 8. The minimum atomic E-state index is -1.26. The molecule has 0 saturated heterocycles. The molecule has 0 amide bonds. The van der Waals surface area contributed by atoms with Gasteiger partial charge in [-0.05, 0) is 31.1 Å². The quantitative estimate of drug-likeness (QED) is 0.587. The van der Waals surface area contributed by atoms with Crippen molar-refractivity contribution in [2.75, 3.05) is 13.2 Å². The average Bonchev–Trinajstić information content (AvgIpc) is 2.49. The molecule has 0 saturated carbocycles. The van der Waals surface area contributed by atoms with E-state index in [1.54, 1.807) is 24.3 Å². The van der Waals surface area contributed by atoms with E-state index in [2.05, 4.69) is 0 Å². The summed E-state index contributed by atoms with van der Waals surface area (Å²) in [6.07, 6.45) is 3.02. The Balaban J connectivity index is 3.12. The lowest BCUT2D eigenvalue weighted by molar-refractivity contribution is -0.132. The van der Waals surface area contributed by atoms with Gasteiger partial charge in [0.2, 0.25) is 0 Å². The van der Waals surface area contributed by atoms with E-state index in [4.69, 9.17) is 19.8 Å². The Morgan fingerprint density at radius 1 is 1.29 bits per heavy atom. The third kappa shape index (κ3) is 5.19. The van der Waals surface area contributed by atoms with Crippen LogP contribution in [-0.2, 0) is 4.79 Å². The van der Waals surface area contributed by atoms with E-state index in [0.29, 0.717) is 30.3 Å². The Morgan fingerprint density at radius 2 is 1.95 bits per heavy atom. The molecule has 0 spiro atoms. The summed E-state index contributed by atoms with van der Waals surface area (Å²) in [5.74, 6) is -0.0846. The number of nitrogens with zero attached hydrogens (tertiary/aromatic N) is 1. The SMILES string of the molecule is CCCOc1ccc(C=C(C#N)C(=O)O)c(OCCC)c1. The van der Waals surface area contributed by atoms with Gasteiger partial charge in [0.1, 0.15) is 23.1 Å². The zero-order valence-electron chi connectivity index (χ0n) is 12.3. The predicted molar refractivity (Wildman–Crippen MR) is 79.2 cm³/mol. The molecule has 1 rings (SSSR count). The van der Waals surface area contributed by atoms with E-state index in [1.165, 1.54) is 6.08 Å². The van der Waals surface area contributed by atoms with Crippen LogP contribution in [0.5, 0.6) is 11.5 Å². The predicted octanol–water partition coefficient (Wildman–Crippen LogP) is 3.26. The summed E-state index contributed by atoms with van der Waals surface area (Å²) in [5.41, 5.74) is 0.213. The van der Waals surface area contributed by atoms with Crippen molar-refractivity contribution in [2.45, 2.75) is 26.7 Å². The van der Waals surface area contributed by atoms with E-state index < -0.39 is 5.97 Å². The zero-order valence-corrected chi connectivity index (χ0v) is 12.3. The van der Waals surface area contributed by atoms with Crippen LogP contribution in [0.4, 0.5) is 0 Å². The van der Waals surface area contributed by atoms with Gasteiger partial charge in [-0.2, -0.15) is 5.26 Å². The summed E-state index contributed by atoms with van der Waals surface area (Å²) in [6.45, 7) is 5.09. The molecule has 1 N–H and O–H groups in total. The molecule has 0 heterocycles. The molecule has 21 heavy (non-hydrogen) atoms. The minimum absolute atomic E-state index is 0.335. The highest BCUT2D eigenvalue weighted by atomic mass is 16.5. The zero-order chi connectivity index (χ0) is 15.7. The molecule has 0 bridgehead atoms. The van der Waals surface area contributed by atoms with Gasteiger partial charge < -0.3 is 14.6 Å².